The summed E-state index contributed by atoms with van der Waals surface area (Å²) in [5.41, 5.74) is 1.30. The van der Waals surface area contributed by atoms with E-state index in [1.807, 2.05) is 0 Å². The minimum Gasteiger partial charge on any atom is -0.461 e. The Hall–Kier alpha value is -1.36. The maximum atomic E-state index is 11.4. The molecule has 1 heterocycles. The molecule has 1 N–H and O–H groups in total. The Kier molecular flexibility index (Phi) is 2.73. The minimum atomic E-state index is -0.644. The zero-order valence-corrected chi connectivity index (χ0v) is 9.28. The van der Waals surface area contributed by atoms with Crippen molar-refractivity contribution in [1.29, 1.82) is 0 Å². The van der Waals surface area contributed by atoms with Crippen LogP contribution in [0, 0.1) is 0 Å². The summed E-state index contributed by atoms with van der Waals surface area (Å²) in [5.74, 6) is 0.523. The SMILES string of the molecule is O=CC1Nc2ccc(C(=O)CBr)cc2O1. The first-order valence-electron chi connectivity index (χ1n) is 4.36. The smallest absolute Gasteiger partial charge is 0.226 e. The second-order valence-electron chi connectivity index (χ2n) is 3.09. The molecule has 0 saturated heterocycles. The molecule has 1 aromatic rings. The normalized spacial score (nSPS) is 17.5. The molecule has 0 fully saturated rings. The zero-order chi connectivity index (χ0) is 10.8. The van der Waals surface area contributed by atoms with Crippen LogP contribution in [0.5, 0.6) is 5.75 Å². The van der Waals surface area contributed by atoms with Crippen molar-refractivity contribution in [2.24, 2.45) is 0 Å². The van der Waals surface area contributed by atoms with Crippen molar-refractivity contribution in [2.45, 2.75) is 6.23 Å². The van der Waals surface area contributed by atoms with E-state index in [0.717, 1.165) is 5.69 Å². The van der Waals surface area contributed by atoms with Crippen molar-refractivity contribution >= 4 is 33.7 Å². The molecule has 15 heavy (non-hydrogen) atoms. The van der Waals surface area contributed by atoms with Crippen molar-refractivity contribution in [1.82, 2.24) is 0 Å². The molecule has 0 saturated carbocycles. The number of fused-ring (bicyclic) bond motifs is 1. The van der Waals surface area contributed by atoms with Gasteiger partial charge in [-0.25, -0.2) is 0 Å². The molecule has 1 unspecified atom stereocenters. The highest BCUT2D eigenvalue weighted by Crippen LogP contribution is 2.32. The highest BCUT2D eigenvalue weighted by Gasteiger charge is 2.21. The predicted molar refractivity (Wildman–Crippen MR) is 58.7 cm³/mol. The lowest BCUT2D eigenvalue weighted by molar-refractivity contribution is -0.112. The van der Waals surface area contributed by atoms with E-state index in [1.54, 1.807) is 18.2 Å². The molecular formula is C10H8BrNO3. The van der Waals surface area contributed by atoms with Gasteiger partial charge in [0.1, 0.15) is 5.75 Å². The van der Waals surface area contributed by atoms with Gasteiger partial charge in [0.25, 0.3) is 0 Å². The summed E-state index contributed by atoms with van der Waals surface area (Å²) in [6.07, 6.45) is 0.0285. The largest absolute Gasteiger partial charge is 0.461 e. The van der Waals surface area contributed by atoms with Crippen LogP contribution in [0.3, 0.4) is 0 Å². The Morgan fingerprint density at radius 1 is 1.60 bits per heavy atom. The predicted octanol–water partition coefficient (Wildman–Crippen LogP) is 1.59. The minimum absolute atomic E-state index is 0.0176. The van der Waals surface area contributed by atoms with Crippen molar-refractivity contribution in [2.75, 3.05) is 10.6 Å². The molecule has 5 heteroatoms. The van der Waals surface area contributed by atoms with E-state index in [4.69, 9.17) is 4.74 Å². The molecule has 0 radical (unpaired) electrons. The zero-order valence-electron chi connectivity index (χ0n) is 7.70. The third-order valence-corrected chi connectivity index (χ3v) is 2.61. The van der Waals surface area contributed by atoms with Crippen LogP contribution in [0.25, 0.3) is 0 Å². The van der Waals surface area contributed by atoms with E-state index in [9.17, 15) is 9.59 Å². The van der Waals surface area contributed by atoms with Crippen LogP contribution >= 0.6 is 15.9 Å². The summed E-state index contributed by atoms with van der Waals surface area (Å²) >= 11 is 3.10. The summed E-state index contributed by atoms with van der Waals surface area (Å²) in [7, 11) is 0. The van der Waals surface area contributed by atoms with E-state index in [2.05, 4.69) is 21.2 Å². The fraction of sp³-hybridized carbons (Fsp3) is 0.200. The van der Waals surface area contributed by atoms with Gasteiger partial charge < -0.3 is 10.1 Å². The molecule has 1 atom stereocenters. The van der Waals surface area contributed by atoms with Gasteiger partial charge in [-0.2, -0.15) is 0 Å². The third-order valence-electron chi connectivity index (χ3n) is 2.10. The molecule has 0 spiro atoms. The molecule has 1 aliphatic rings. The number of aldehydes is 1. The summed E-state index contributed by atoms with van der Waals surface area (Å²) in [5, 5.41) is 3.13. The fourth-order valence-corrected chi connectivity index (χ4v) is 1.69. The molecule has 1 aliphatic heterocycles. The van der Waals surface area contributed by atoms with E-state index in [-0.39, 0.29) is 11.1 Å². The lowest BCUT2D eigenvalue weighted by Gasteiger charge is -2.01. The molecule has 2 rings (SSSR count). The first kappa shape index (κ1) is 10.2. The number of rotatable bonds is 3. The number of nitrogens with one attached hydrogen (secondary N) is 1. The molecule has 78 valence electrons. The molecule has 0 aromatic heterocycles. The molecule has 4 nitrogen and oxygen atoms in total. The Morgan fingerprint density at radius 2 is 2.40 bits per heavy atom. The Labute approximate surface area is 94.7 Å². The number of ether oxygens (including phenoxy) is 1. The monoisotopic (exact) mass is 269 g/mol. The molecule has 1 aromatic carbocycles. The van der Waals surface area contributed by atoms with Gasteiger partial charge in [-0.05, 0) is 18.2 Å². The number of benzene rings is 1. The Balaban J connectivity index is 2.30. The number of alkyl halides is 1. The van der Waals surface area contributed by atoms with Crippen LogP contribution in [0.1, 0.15) is 10.4 Å². The van der Waals surface area contributed by atoms with Crippen LogP contribution in [0.15, 0.2) is 18.2 Å². The van der Waals surface area contributed by atoms with Crippen molar-refractivity contribution in [3.8, 4) is 5.75 Å². The highest BCUT2D eigenvalue weighted by atomic mass is 79.9. The van der Waals surface area contributed by atoms with Crippen LogP contribution in [-0.2, 0) is 4.79 Å². The van der Waals surface area contributed by atoms with E-state index < -0.39 is 6.23 Å². The van der Waals surface area contributed by atoms with E-state index in [0.29, 0.717) is 17.6 Å². The fourth-order valence-electron chi connectivity index (χ4n) is 1.37. The maximum Gasteiger partial charge on any atom is 0.226 e. The average Bonchev–Trinajstić information content (AvgIpc) is 2.69. The molecular weight excluding hydrogens is 262 g/mol. The molecule has 0 amide bonds. The number of anilines is 1. The average molecular weight is 270 g/mol. The first-order valence-corrected chi connectivity index (χ1v) is 5.48. The van der Waals surface area contributed by atoms with Crippen LogP contribution in [0.2, 0.25) is 0 Å². The lowest BCUT2D eigenvalue weighted by Crippen LogP contribution is -2.20. The van der Waals surface area contributed by atoms with Gasteiger partial charge in [-0.3, -0.25) is 9.59 Å². The van der Waals surface area contributed by atoms with Gasteiger partial charge in [0, 0.05) is 5.56 Å². The van der Waals surface area contributed by atoms with Crippen molar-refractivity contribution < 1.29 is 14.3 Å². The Bertz CT molecular complexity index is 419. The second-order valence-corrected chi connectivity index (χ2v) is 3.65. The third kappa shape index (κ3) is 1.87. The van der Waals surface area contributed by atoms with Crippen LogP contribution in [-0.4, -0.2) is 23.6 Å². The van der Waals surface area contributed by atoms with Crippen LogP contribution in [0.4, 0.5) is 5.69 Å². The Morgan fingerprint density at radius 3 is 3.07 bits per heavy atom. The van der Waals surface area contributed by atoms with E-state index in [1.165, 1.54) is 0 Å². The van der Waals surface area contributed by atoms with Crippen LogP contribution < -0.4 is 10.1 Å². The lowest BCUT2D eigenvalue weighted by atomic mass is 10.1. The number of carbonyl (C=O) groups is 2. The topological polar surface area (TPSA) is 55.4 Å². The number of halogens is 1. The summed E-state index contributed by atoms with van der Waals surface area (Å²) in [4.78, 5) is 21.9. The number of Topliss-reactive ketones (excluding diaryl/α,β-unsaturated/α-hetero) is 1. The van der Waals surface area contributed by atoms with Gasteiger partial charge in [0.2, 0.25) is 6.23 Å². The van der Waals surface area contributed by atoms with Gasteiger partial charge in [0.05, 0.1) is 11.0 Å². The van der Waals surface area contributed by atoms with E-state index >= 15 is 0 Å². The summed E-state index contributed by atoms with van der Waals surface area (Å²) < 4.78 is 5.24. The molecule has 0 bridgehead atoms. The number of ketones is 1. The second kappa shape index (κ2) is 4.02. The van der Waals surface area contributed by atoms with Gasteiger partial charge >= 0.3 is 0 Å². The summed E-state index contributed by atoms with van der Waals surface area (Å²) in [6, 6.07) is 5.07. The number of hydrogen-bond donors (Lipinski definition) is 1. The summed E-state index contributed by atoms with van der Waals surface area (Å²) in [6.45, 7) is 0. The van der Waals surface area contributed by atoms with Gasteiger partial charge in [0.15, 0.2) is 12.1 Å². The number of carbonyl (C=O) groups excluding carboxylic acids is 2. The standard InChI is InChI=1S/C10H8BrNO3/c11-4-8(14)6-1-2-7-9(3-6)15-10(5-13)12-7/h1-3,5,10,12H,4H2. The van der Waals surface area contributed by atoms with Crippen molar-refractivity contribution in [3.63, 3.8) is 0 Å². The molecule has 0 aliphatic carbocycles. The number of hydrogen-bond acceptors (Lipinski definition) is 4. The quantitative estimate of drug-likeness (QED) is 0.515. The first-order chi connectivity index (χ1) is 7.24. The highest BCUT2D eigenvalue weighted by molar-refractivity contribution is 9.09. The van der Waals surface area contributed by atoms with Gasteiger partial charge in [-0.1, -0.05) is 15.9 Å². The van der Waals surface area contributed by atoms with Gasteiger partial charge in [-0.15, -0.1) is 0 Å². The van der Waals surface area contributed by atoms with Crippen molar-refractivity contribution in [3.05, 3.63) is 23.8 Å². The maximum absolute atomic E-state index is 11.4.